The van der Waals surface area contributed by atoms with Crippen LogP contribution >= 0.6 is 0 Å². The first kappa shape index (κ1) is 6.27. The van der Waals surface area contributed by atoms with E-state index in [-0.39, 0.29) is 0 Å². The van der Waals surface area contributed by atoms with Gasteiger partial charge in [-0.25, -0.2) is 4.98 Å². The number of hydrogen-bond donors (Lipinski definition) is 1. The molecule has 0 spiro atoms. The average Bonchev–Trinajstić information content (AvgIpc) is 2.38. The van der Waals surface area contributed by atoms with Crippen LogP contribution in [-0.4, -0.2) is 9.38 Å². The van der Waals surface area contributed by atoms with Gasteiger partial charge < -0.3 is 10.2 Å². The summed E-state index contributed by atoms with van der Waals surface area (Å²) >= 11 is 0. The minimum Gasteiger partial charge on any atom is -0.440 e. The Morgan fingerprint density at radius 3 is 2.91 bits per heavy atom. The van der Waals surface area contributed by atoms with Crippen molar-refractivity contribution in [2.75, 3.05) is 5.73 Å². The van der Waals surface area contributed by atoms with Crippen molar-refractivity contribution in [3.05, 3.63) is 17.8 Å². The van der Waals surface area contributed by atoms with Gasteiger partial charge in [0.15, 0.2) is 5.82 Å². The first-order chi connectivity index (χ1) is 5.18. The van der Waals surface area contributed by atoms with Crippen LogP contribution in [0.1, 0.15) is 11.6 Å². The molecule has 0 bridgehead atoms. The minimum absolute atomic E-state index is 0.454. The van der Waals surface area contributed by atoms with Gasteiger partial charge in [0.05, 0.1) is 6.20 Å². The predicted octanol–water partition coefficient (Wildman–Crippen LogP) is 1.13. The normalized spacial score (nSPS) is 11.1. The Morgan fingerprint density at radius 1 is 1.55 bits per heavy atom. The van der Waals surface area contributed by atoms with Gasteiger partial charge in [-0.1, -0.05) is 0 Å². The molecule has 2 rings (SSSR count). The number of aromatic nitrogens is 2. The zero-order valence-corrected chi connectivity index (χ0v) is 6.46. The molecule has 4 nitrogen and oxygen atoms in total. The monoisotopic (exact) mass is 151 g/mol. The van der Waals surface area contributed by atoms with Crippen LogP contribution in [0.4, 0.5) is 5.82 Å². The van der Waals surface area contributed by atoms with Crippen LogP contribution in [0.3, 0.4) is 0 Å². The number of nitrogens with zero attached hydrogens (tertiary/aromatic N) is 2. The number of aryl methyl sites for hydroxylation is 2. The fourth-order valence-electron chi connectivity index (χ4n) is 1.16. The van der Waals surface area contributed by atoms with Crippen LogP contribution in [-0.2, 0) is 0 Å². The fourth-order valence-corrected chi connectivity index (χ4v) is 1.16. The molecule has 2 aromatic rings. The maximum absolute atomic E-state index is 5.56. The van der Waals surface area contributed by atoms with Crippen molar-refractivity contribution in [3.63, 3.8) is 0 Å². The van der Waals surface area contributed by atoms with Crippen LogP contribution in [0.2, 0.25) is 0 Å². The molecule has 0 aliphatic rings. The molecule has 0 aliphatic heterocycles. The average molecular weight is 151 g/mol. The van der Waals surface area contributed by atoms with Crippen LogP contribution in [0, 0.1) is 13.8 Å². The van der Waals surface area contributed by atoms with E-state index in [9.17, 15) is 0 Å². The Balaban J connectivity index is 2.92. The summed E-state index contributed by atoms with van der Waals surface area (Å²) in [6.45, 7) is 3.77. The molecule has 2 heterocycles. The Kier molecular flexibility index (Phi) is 1.01. The van der Waals surface area contributed by atoms with E-state index in [2.05, 4.69) is 4.98 Å². The van der Waals surface area contributed by atoms with E-state index < -0.39 is 0 Å². The smallest absolute Gasteiger partial charge is 0.248 e. The van der Waals surface area contributed by atoms with Crippen LogP contribution < -0.4 is 5.73 Å². The molecule has 4 heteroatoms. The molecule has 0 aromatic carbocycles. The van der Waals surface area contributed by atoms with E-state index in [1.54, 1.807) is 0 Å². The van der Waals surface area contributed by atoms with Gasteiger partial charge in [0.25, 0.3) is 0 Å². The molecule has 2 N–H and O–H groups in total. The van der Waals surface area contributed by atoms with Crippen molar-refractivity contribution in [2.45, 2.75) is 13.8 Å². The number of fused-ring (bicyclic) bond motifs is 1. The molecule has 0 radical (unpaired) electrons. The molecule has 0 saturated carbocycles. The SMILES string of the molecule is Cc1cn2c(C)nc(N)c2o1. The van der Waals surface area contributed by atoms with E-state index in [1.807, 2.05) is 24.4 Å². The highest BCUT2D eigenvalue weighted by atomic mass is 16.3. The summed E-state index contributed by atoms with van der Waals surface area (Å²) in [5, 5.41) is 0. The molecule has 0 saturated heterocycles. The molecule has 0 aliphatic carbocycles. The molecule has 11 heavy (non-hydrogen) atoms. The maximum Gasteiger partial charge on any atom is 0.248 e. The van der Waals surface area contributed by atoms with Crippen LogP contribution in [0.25, 0.3) is 5.71 Å². The van der Waals surface area contributed by atoms with Crippen molar-refractivity contribution < 1.29 is 4.42 Å². The Labute approximate surface area is 63.6 Å². The molecular weight excluding hydrogens is 142 g/mol. The third-order valence-electron chi connectivity index (χ3n) is 1.64. The molecule has 0 unspecified atom stereocenters. The predicted molar refractivity (Wildman–Crippen MR) is 41.3 cm³/mol. The van der Waals surface area contributed by atoms with Crippen LogP contribution in [0.15, 0.2) is 10.6 Å². The zero-order chi connectivity index (χ0) is 8.01. The van der Waals surface area contributed by atoms with E-state index in [1.165, 1.54) is 0 Å². The summed E-state index contributed by atoms with van der Waals surface area (Å²) in [6, 6.07) is 0. The number of hydrogen-bond acceptors (Lipinski definition) is 3. The van der Waals surface area contributed by atoms with Gasteiger partial charge in [0, 0.05) is 0 Å². The zero-order valence-electron chi connectivity index (χ0n) is 6.46. The number of nitrogens with two attached hydrogens (primary N) is 1. The third kappa shape index (κ3) is 0.721. The number of anilines is 1. The topological polar surface area (TPSA) is 56.5 Å². The lowest BCUT2D eigenvalue weighted by Gasteiger charge is -1.80. The van der Waals surface area contributed by atoms with Gasteiger partial charge in [-0.3, -0.25) is 4.40 Å². The Bertz CT molecular complexity index is 364. The molecule has 2 aromatic heterocycles. The van der Waals surface area contributed by atoms with Gasteiger partial charge in [-0.05, 0) is 13.8 Å². The van der Waals surface area contributed by atoms with Gasteiger partial charge in [-0.2, -0.15) is 0 Å². The highest BCUT2D eigenvalue weighted by molar-refractivity contribution is 5.58. The second kappa shape index (κ2) is 1.78. The highest BCUT2D eigenvalue weighted by Gasteiger charge is 2.08. The first-order valence-electron chi connectivity index (χ1n) is 3.39. The van der Waals surface area contributed by atoms with Crippen molar-refractivity contribution in [2.24, 2.45) is 0 Å². The minimum atomic E-state index is 0.454. The second-order valence-electron chi connectivity index (χ2n) is 2.56. The largest absolute Gasteiger partial charge is 0.440 e. The Hall–Kier alpha value is -1.45. The lowest BCUT2D eigenvalue weighted by molar-refractivity contribution is 0.574. The maximum atomic E-state index is 5.56. The van der Waals surface area contributed by atoms with Crippen molar-refractivity contribution >= 4 is 11.5 Å². The van der Waals surface area contributed by atoms with Crippen molar-refractivity contribution in [1.29, 1.82) is 0 Å². The molecular formula is C7H9N3O. The molecule has 0 amide bonds. The second-order valence-corrected chi connectivity index (χ2v) is 2.56. The summed E-state index contributed by atoms with van der Waals surface area (Å²) in [4.78, 5) is 4.04. The molecule has 0 atom stereocenters. The summed E-state index contributed by atoms with van der Waals surface area (Å²) in [5.74, 6) is 2.15. The number of oxazole rings is 1. The standard InChI is InChI=1S/C7H9N3O/c1-4-3-10-5(2)9-6(8)7(10)11-4/h3H,8H2,1-2H3. The fraction of sp³-hybridized carbons (Fsp3) is 0.286. The Morgan fingerprint density at radius 2 is 2.27 bits per heavy atom. The first-order valence-corrected chi connectivity index (χ1v) is 3.39. The third-order valence-corrected chi connectivity index (χ3v) is 1.64. The van der Waals surface area contributed by atoms with Crippen LogP contribution in [0.5, 0.6) is 0 Å². The van der Waals surface area contributed by atoms with Gasteiger partial charge in [-0.15, -0.1) is 0 Å². The van der Waals surface area contributed by atoms with E-state index in [4.69, 9.17) is 10.2 Å². The number of nitrogen functional groups attached to an aromatic ring is 1. The van der Waals surface area contributed by atoms with Gasteiger partial charge in [0.2, 0.25) is 5.71 Å². The quantitative estimate of drug-likeness (QED) is 0.614. The lowest BCUT2D eigenvalue weighted by atomic mass is 10.6. The van der Waals surface area contributed by atoms with Gasteiger partial charge >= 0.3 is 0 Å². The number of rotatable bonds is 0. The highest BCUT2D eigenvalue weighted by Crippen LogP contribution is 2.17. The molecule has 0 fully saturated rings. The van der Waals surface area contributed by atoms with Crippen molar-refractivity contribution in [3.8, 4) is 0 Å². The van der Waals surface area contributed by atoms with E-state index in [0.29, 0.717) is 11.5 Å². The summed E-state index contributed by atoms with van der Waals surface area (Å²) in [7, 11) is 0. The summed E-state index contributed by atoms with van der Waals surface area (Å²) < 4.78 is 7.13. The van der Waals surface area contributed by atoms with E-state index >= 15 is 0 Å². The van der Waals surface area contributed by atoms with E-state index in [0.717, 1.165) is 11.6 Å². The molecule has 58 valence electrons. The summed E-state index contributed by atoms with van der Waals surface area (Å²) in [5.41, 5.74) is 6.20. The lowest BCUT2D eigenvalue weighted by Crippen LogP contribution is -1.83. The van der Waals surface area contributed by atoms with Gasteiger partial charge in [0.1, 0.15) is 11.6 Å². The summed E-state index contributed by atoms with van der Waals surface area (Å²) in [6.07, 6.45) is 1.87. The van der Waals surface area contributed by atoms with Crippen molar-refractivity contribution in [1.82, 2.24) is 9.38 Å². The number of imidazole rings is 1.